The summed E-state index contributed by atoms with van der Waals surface area (Å²) in [6, 6.07) is 5.29. The largest absolute Gasteiger partial charge is 0.391 e. The van der Waals surface area contributed by atoms with E-state index in [4.69, 9.17) is 16.9 Å². The quantitative estimate of drug-likeness (QED) is 0.774. The number of halogens is 1. The standard InChI is InChI=1S/C12H14ClN3O/c1-8-2-3-16(7-10(8)17)12-5-9(6-14)4-11(13)15-12/h4-5,8,10,17H,2-3,7H2,1H3. The molecule has 2 atom stereocenters. The summed E-state index contributed by atoms with van der Waals surface area (Å²) < 4.78 is 0. The minimum absolute atomic E-state index is 0.306. The Morgan fingerprint density at radius 2 is 2.35 bits per heavy atom. The number of aromatic nitrogens is 1. The predicted molar refractivity (Wildman–Crippen MR) is 66.0 cm³/mol. The molecule has 2 unspecified atom stereocenters. The minimum atomic E-state index is -0.352. The summed E-state index contributed by atoms with van der Waals surface area (Å²) in [5.41, 5.74) is 0.494. The molecule has 1 fully saturated rings. The summed E-state index contributed by atoms with van der Waals surface area (Å²) in [6.07, 6.45) is 0.562. The van der Waals surface area contributed by atoms with E-state index in [9.17, 15) is 5.11 Å². The highest BCUT2D eigenvalue weighted by molar-refractivity contribution is 6.29. The smallest absolute Gasteiger partial charge is 0.132 e. The molecule has 0 bridgehead atoms. The minimum Gasteiger partial charge on any atom is -0.391 e. The maximum Gasteiger partial charge on any atom is 0.132 e. The van der Waals surface area contributed by atoms with Crippen molar-refractivity contribution in [1.82, 2.24) is 4.98 Å². The Morgan fingerprint density at radius 1 is 1.59 bits per heavy atom. The van der Waals surface area contributed by atoms with Crippen molar-refractivity contribution < 1.29 is 5.11 Å². The third-order valence-corrected chi connectivity index (χ3v) is 3.35. The van der Waals surface area contributed by atoms with E-state index in [1.54, 1.807) is 6.07 Å². The Kier molecular flexibility index (Phi) is 3.51. The zero-order valence-electron chi connectivity index (χ0n) is 9.60. The molecular weight excluding hydrogens is 238 g/mol. The van der Waals surface area contributed by atoms with Gasteiger partial charge in [0, 0.05) is 13.1 Å². The van der Waals surface area contributed by atoms with Crippen molar-refractivity contribution in [3.05, 3.63) is 22.8 Å². The molecule has 1 aliphatic rings. The third-order valence-electron chi connectivity index (χ3n) is 3.15. The van der Waals surface area contributed by atoms with Gasteiger partial charge in [0.25, 0.3) is 0 Å². The number of piperidine rings is 1. The second-order valence-corrected chi connectivity index (χ2v) is 4.82. The number of rotatable bonds is 1. The molecule has 0 aliphatic carbocycles. The van der Waals surface area contributed by atoms with Crippen LogP contribution in [0.1, 0.15) is 18.9 Å². The molecule has 0 saturated carbocycles. The number of hydrogen-bond acceptors (Lipinski definition) is 4. The van der Waals surface area contributed by atoms with E-state index in [0.29, 0.717) is 29.0 Å². The monoisotopic (exact) mass is 251 g/mol. The van der Waals surface area contributed by atoms with Crippen molar-refractivity contribution in [2.24, 2.45) is 5.92 Å². The lowest BCUT2D eigenvalue weighted by Gasteiger charge is -2.35. The highest BCUT2D eigenvalue weighted by Gasteiger charge is 2.25. The molecule has 4 nitrogen and oxygen atoms in total. The summed E-state index contributed by atoms with van der Waals surface area (Å²) in [5.74, 6) is 0.973. The molecule has 90 valence electrons. The van der Waals surface area contributed by atoms with E-state index in [0.717, 1.165) is 13.0 Å². The number of anilines is 1. The molecule has 2 rings (SSSR count). The topological polar surface area (TPSA) is 60.2 Å². The number of pyridine rings is 1. The summed E-state index contributed by atoms with van der Waals surface area (Å²) in [7, 11) is 0. The van der Waals surface area contributed by atoms with Gasteiger partial charge in [-0.05, 0) is 24.5 Å². The Labute approximate surface area is 105 Å². The maximum atomic E-state index is 9.84. The van der Waals surface area contributed by atoms with Crippen LogP contribution in [0.2, 0.25) is 5.15 Å². The molecule has 1 aliphatic heterocycles. The lowest BCUT2D eigenvalue weighted by atomic mass is 9.96. The Bertz CT molecular complexity index is 458. The highest BCUT2D eigenvalue weighted by Crippen LogP contribution is 2.24. The van der Waals surface area contributed by atoms with Gasteiger partial charge in [0.05, 0.1) is 17.7 Å². The zero-order chi connectivity index (χ0) is 12.4. The van der Waals surface area contributed by atoms with E-state index < -0.39 is 0 Å². The van der Waals surface area contributed by atoms with Gasteiger partial charge in [0.1, 0.15) is 11.0 Å². The number of hydrogen-bond donors (Lipinski definition) is 1. The molecular formula is C12H14ClN3O. The lowest BCUT2D eigenvalue weighted by molar-refractivity contribution is 0.102. The number of nitrogens with zero attached hydrogens (tertiary/aromatic N) is 3. The van der Waals surface area contributed by atoms with Gasteiger partial charge in [-0.15, -0.1) is 0 Å². The molecule has 2 heterocycles. The van der Waals surface area contributed by atoms with Crippen molar-refractivity contribution in [2.45, 2.75) is 19.4 Å². The molecule has 0 amide bonds. The Balaban J connectivity index is 2.23. The average Bonchev–Trinajstić information content (AvgIpc) is 2.32. The number of aliphatic hydroxyl groups excluding tert-OH is 1. The third kappa shape index (κ3) is 2.68. The van der Waals surface area contributed by atoms with Gasteiger partial charge >= 0.3 is 0 Å². The van der Waals surface area contributed by atoms with Crippen LogP contribution < -0.4 is 4.90 Å². The van der Waals surface area contributed by atoms with Crippen LogP contribution in [0.25, 0.3) is 0 Å². The Hall–Kier alpha value is -1.31. The average molecular weight is 252 g/mol. The Morgan fingerprint density at radius 3 is 3.00 bits per heavy atom. The summed E-state index contributed by atoms with van der Waals surface area (Å²) in [4.78, 5) is 6.16. The van der Waals surface area contributed by atoms with Gasteiger partial charge in [-0.1, -0.05) is 18.5 Å². The fourth-order valence-corrected chi connectivity index (χ4v) is 2.17. The van der Waals surface area contributed by atoms with Gasteiger partial charge in [0.15, 0.2) is 0 Å². The lowest BCUT2D eigenvalue weighted by Crippen LogP contribution is -2.43. The maximum absolute atomic E-state index is 9.84. The van der Waals surface area contributed by atoms with Crippen LogP contribution in [-0.4, -0.2) is 29.3 Å². The van der Waals surface area contributed by atoms with Gasteiger partial charge in [-0.25, -0.2) is 4.98 Å². The van der Waals surface area contributed by atoms with E-state index in [2.05, 4.69) is 11.1 Å². The van der Waals surface area contributed by atoms with E-state index in [1.165, 1.54) is 6.07 Å². The van der Waals surface area contributed by atoms with E-state index in [-0.39, 0.29) is 6.10 Å². The van der Waals surface area contributed by atoms with E-state index in [1.807, 2.05) is 11.8 Å². The predicted octanol–water partition coefficient (Wildman–Crippen LogP) is 1.81. The van der Waals surface area contributed by atoms with Crippen molar-refractivity contribution in [3.63, 3.8) is 0 Å². The second kappa shape index (κ2) is 4.91. The number of aliphatic hydroxyl groups is 1. The molecule has 5 heteroatoms. The van der Waals surface area contributed by atoms with Crippen molar-refractivity contribution in [1.29, 1.82) is 5.26 Å². The summed E-state index contributed by atoms with van der Waals surface area (Å²) >= 11 is 5.86. The van der Waals surface area contributed by atoms with Gasteiger partial charge in [-0.2, -0.15) is 5.26 Å². The first-order valence-corrected chi connectivity index (χ1v) is 5.98. The first kappa shape index (κ1) is 12.2. The second-order valence-electron chi connectivity index (χ2n) is 4.43. The molecule has 1 aromatic rings. The van der Waals surface area contributed by atoms with Crippen molar-refractivity contribution in [2.75, 3.05) is 18.0 Å². The molecule has 0 spiro atoms. The van der Waals surface area contributed by atoms with Crippen molar-refractivity contribution >= 4 is 17.4 Å². The van der Waals surface area contributed by atoms with Gasteiger partial charge in [-0.3, -0.25) is 0 Å². The first-order chi connectivity index (χ1) is 8.10. The first-order valence-electron chi connectivity index (χ1n) is 5.61. The van der Waals surface area contributed by atoms with Crippen LogP contribution >= 0.6 is 11.6 Å². The fraction of sp³-hybridized carbons (Fsp3) is 0.500. The molecule has 1 saturated heterocycles. The normalized spacial score (nSPS) is 24.5. The van der Waals surface area contributed by atoms with Crippen LogP contribution in [-0.2, 0) is 0 Å². The number of nitriles is 1. The van der Waals surface area contributed by atoms with Gasteiger partial charge < -0.3 is 10.0 Å². The van der Waals surface area contributed by atoms with Crippen LogP contribution in [0, 0.1) is 17.2 Å². The highest BCUT2D eigenvalue weighted by atomic mass is 35.5. The fourth-order valence-electron chi connectivity index (χ4n) is 1.97. The zero-order valence-corrected chi connectivity index (χ0v) is 10.4. The van der Waals surface area contributed by atoms with Crippen LogP contribution in [0.15, 0.2) is 12.1 Å². The molecule has 0 radical (unpaired) electrons. The molecule has 17 heavy (non-hydrogen) atoms. The number of β-amino-alcohol motifs (C(OH)–C–C–N with tert-alkyl or cyclic N) is 1. The van der Waals surface area contributed by atoms with E-state index >= 15 is 0 Å². The van der Waals surface area contributed by atoms with Crippen LogP contribution in [0.3, 0.4) is 0 Å². The SMILES string of the molecule is CC1CCN(c2cc(C#N)cc(Cl)n2)CC1O. The summed E-state index contributed by atoms with van der Waals surface area (Å²) in [5, 5.41) is 19.0. The molecule has 0 aromatic carbocycles. The molecule has 1 aromatic heterocycles. The molecule has 1 N–H and O–H groups in total. The van der Waals surface area contributed by atoms with Crippen molar-refractivity contribution in [3.8, 4) is 6.07 Å². The van der Waals surface area contributed by atoms with Gasteiger partial charge in [0.2, 0.25) is 0 Å². The van der Waals surface area contributed by atoms with Crippen LogP contribution in [0.4, 0.5) is 5.82 Å². The summed E-state index contributed by atoms with van der Waals surface area (Å²) in [6.45, 7) is 3.41. The van der Waals surface area contributed by atoms with Crippen LogP contribution in [0.5, 0.6) is 0 Å².